The van der Waals surface area contributed by atoms with Crippen molar-refractivity contribution in [1.29, 1.82) is 0 Å². The zero-order valence-corrected chi connectivity index (χ0v) is 10.8. The number of hydrogen-bond donors (Lipinski definition) is 2. The van der Waals surface area contributed by atoms with Crippen molar-refractivity contribution in [3.63, 3.8) is 0 Å². The number of amides is 1. The first kappa shape index (κ1) is 16.0. The highest BCUT2D eigenvalue weighted by atomic mass is 16.6. The van der Waals surface area contributed by atoms with Crippen molar-refractivity contribution in [3.8, 4) is 0 Å². The van der Waals surface area contributed by atoms with Gasteiger partial charge in [-0.15, -0.1) is 0 Å². The number of benzene rings is 1. The van der Waals surface area contributed by atoms with Gasteiger partial charge in [0, 0.05) is 18.1 Å². The van der Waals surface area contributed by atoms with Crippen LogP contribution in [0.1, 0.15) is 12.5 Å². The molecule has 1 aromatic carbocycles. The number of nitrogens with two attached hydrogens (primary N) is 1. The molecule has 0 saturated carbocycles. The predicted molar refractivity (Wildman–Crippen MR) is 68.4 cm³/mol. The lowest BCUT2D eigenvalue weighted by Gasteiger charge is -2.20. The second-order valence-electron chi connectivity index (χ2n) is 4.51. The summed E-state index contributed by atoms with van der Waals surface area (Å²) in [6, 6.07) is 2.74. The molecule has 0 aliphatic rings. The molecule has 0 saturated heterocycles. The molecule has 10 nitrogen and oxygen atoms in total. The Morgan fingerprint density at radius 1 is 1.29 bits per heavy atom. The summed E-state index contributed by atoms with van der Waals surface area (Å²) < 4.78 is 0. The van der Waals surface area contributed by atoms with E-state index >= 15 is 0 Å². The minimum Gasteiger partial charge on any atom is -0.480 e. The van der Waals surface area contributed by atoms with Gasteiger partial charge in [-0.05, 0) is 13.0 Å². The average molecular weight is 297 g/mol. The summed E-state index contributed by atoms with van der Waals surface area (Å²) in [4.78, 5) is 42.3. The summed E-state index contributed by atoms with van der Waals surface area (Å²) in [5.41, 5.74) is 1.69. The molecule has 0 radical (unpaired) electrons. The Morgan fingerprint density at radius 3 is 2.24 bits per heavy atom. The van der Waals surface area contributed by atoms with Crippen LogP contribution < -0.4 is 5.73 Å². The molecule has 1 rings (SSSR count). The zero-order valence-electron chi connectivity index (χ0n) is 10.8. The number of carboxylic acids is 1. The maximum absolute atomic E-state index is 11.3. The largest absolute Gasteiger partial charge is 0.480 e. The Bertz CT molecular complexity index is 627. The summed E-state index contributed by atoms with van der Waals surface area (Å²) in [6.45, 7) is 1.03. The van der Waals surface area contributed by atoms with Gasteiger partial charge in [-0.2, -0.15) is 0 Å². The topological polar surface area (TPSA) is 167 Å². The van der Waals surface area contributed by atoms with Gasteiger partial charge in [0.1, 0.15) is 5.41 Å². The number of carboxylic acid groups (broad SMARTS) is 1. The number of nitrogens with zero attached hydrogens (tertiary/aromatic N) is 2. The van der Waals surface area contributed by atoms with Crippen molar-refractivity contribution in [2.45, 2.75) is 13.3 Å². The zero-order chi connectivity index (χ0) is 16.4. The smallest absolute Gasteiger partial charge is 0.319 e. The van der Waals surface area contributed by atoms with E-state index in [1.165, 1.54) is 0 Å². The summed E-state index contributed by atoms with van der Waals surface area (Å²) in [7, 11) is 0. The van der Waals surface area contributed by atoms with Gasteiger partial charge in [0.2, 0.25) is 5.91 Å². The summed E-state index contributed by atoms with van der Waals surface area (Å²) in [6.07, 6.45) is -0.550. The molecule has 0 aliphatic heterocycles. The van der Waals surface area contributed by atoms with Crippen molar-refractivity contribution < 1.29 is 24.5 Å². The van der Waals surface area contributed by atoms with Gasteiger partial charge in [-0.25, -0.2) is 0 Å². The highest BCUT2D eigenvalue weighted by Crippen LogP contribution is 2.31. The minimum absolute atomic E-state index is 0.130. The van der Waals surface area contributed by atoms with Crippen LogP contribution in [0.5, 0.6) is 0 Å². The molecule has 1 amide bonds. The van der Waals surface area contributed by atoms with Gasteiger partial charge in [0.15, 0.2) is 0 Å². The van der Waals surface area contributed by atoms with E-state index in [2.05, 4.69) is 0 Å². The standard InChI is InChI=1S/C11H11N3O7/c1-11(9(12)15,10(16)17)5-6-2-3-7(13(18)19)4-8(6)14(20)21/h2-4H,5H2,1H3,(H2,12,15)(H,16,17). The molecular formula is C11H11N3O7. The highest BCUT2D eigenvalue weighted by Gasteiger charge is 2.41. The van der Waals surface area contributed by atoms with Crippen LogP contribution >= 0.6 is 0 Å². The molecule has 112 valence electrons. The lowest BCUT2D eigenvalue weighted by Crippen LogP contribution is -2.43. The van der Waals surface area contributed by atoms with Crippen LogP contribution in [-0.4, -0.2) is 26.8 Å². The third kappa shape index (κ3) is 3.11. The Morgan fingerprint density at radius 2 is 1.86 bits per heavy atom. The van der Waals surface area contributed by atoms with E-state index in [9.17, 15) is 29.8 Å². The molecule has 0 bridgehead atoms. The van der Waals surface area contributed by atoms with Gasteiger partial charge >= 0.3 is 5.97 Å². The second-order valence-corrected chi connectivity index (χ2v) is 4.51. The van der Waals surface area contributed by atoms with Crippen molar-refractivity contribution in [3.05, 3.63) is 44.0 Å². The highest BCUT2D eigenvalue weighted by molar-refractivity contribution is 6.01. The molecule has 1 atom stereocenters. The van der Waals surface area contributed by atoms with E-state index in [0.29, 0.717) is 6.07 Å². The number of carbonyl (C=O) groups is 2. The SMILES string of the molecule is CC(Cc1ccc([N+](=O)[O-])cc1[N+](=O)[O-])(C(N)=O)C(=O)O. The number of primary amides is 1. The first-order chi connectivity index (χ1) is 9.59. The van der Waals surface area contributed by atoms with E-state index in [4.69, 9.17) is 10.8 Å². The number of aliphatic carboxylic acids is 1. The first-order valence-corrected chi connectivity index (χ1v) is 5.54. The number of nitro groups is 2. The minimum atomic E-state index is -2.05. The Balaban J connectivity index is 3.37. The Hall–Kier alpha value is -3.04. The van der Waals surface area contributed by atoms with Gasteiger partial charge in [0.25, 0.3) is 11.4 Å². The molecule has 3 N–H and O–H groups in total. The molecule has 21 heavy (non-hydrogen) atoms. The van der Waals surface area contributed by atoms with Crippen LogP contribution in [0.25, 0.3) is 0 Å². The second kappa shape index (κ2) is 5.53. The molecule has 0 aromatic heterocycles. The van der Waals surface area contributed by atoms with Gasteiger partial charge in [0.05, 0.1) is 15.9 Å². The molecule has 0 aliphatic carbocycles. The van der Waals surface area contributed by atoms with Gasteiger partial charge in [-0.3, -0.25) is 29.8 Å². The third-order valence-electron chi connectivity index (χ3n) is 3.04. The number of nitro benzene ring substituents is 2. The van der Waals surface area contributed by atoms with Crippen molar-refractivity contribution in [2.24, 2.45) is 11.1 Å². The van der Waals surface area contributed by atoms with E-state index in [0.717, 1.165) is 19.1 Å². The van der Waals surface area contributed by atoms with Gasteiger partial charge < -0.3 is 10.8 Å². The molecule has 0 spiro atoms. The van der Waals surface area contributed by atoms with Crippen LogP contribution in [0.4, 0.5) is 11.4 Å². The number of rotatable bonds is 6. The van der Waals surface area contributed by atoms with Crippen LogP contribution in [0.2, 0.25) is 0 Å². The monoisotopic (exact) mass is 297 g/mol. The van der Waals surface area contributed by atoms with Crippen LogP contribution in [0.15, 0.2) is 18.2 Å². The predicted octanol–water partition coefficient (Wildman–Crippen LogP) is 0.622. The summed E-state index contributed by atoms with van der Waals surface area (Å²) in [5, 5.41) is 30.6. The Labute approximate surface area is 117 Å². The number of non-ortho nitro benzene ring substituents is 1. The van der Waals surface area contributed by atoms with E-state index in [1.54, 1.807) is 0 Å². The fourth-order valence-corrected chi connectivity index (χ4v) is 1.63. The lowest BCUT2D eigenvalue weighted by atomic mass is 9.82. The van der Waals surface area contributed by atoms with Crippen molar-refractivity contribution in [2.75, 3.05) is 0 Å². The third-order valence-corrected chi connectivity index (χ3v) is 3.04. The van der Waals surface area contributed by atoms with Crippen LogP contribution in [-0.2, 0) is 16.0 Å². The van der Waals surface area contributed by atoms with Crippen molar-refractivity contribution in [1.82, 2.24) is 0 Å². The maximum atomic E-state index is 11.3. The van der Waals surface area contributed by atoms with Crippen LogP contribution in [0, 0.1) is 25.6 Å². The molecule has 0 heterocycles. The van der Waals surface area contributed by atoms with E-state index in [1.807, 2.05) is 0 Å². The van der Waals surface area contributed by atoms with E-state index < -0.39 is 44.9 Å². The maximum Gasteiger partial charge on any atom is 0.319 e. The lowest BCUT2D eigenvalue weighted by molar-refractivity contribution is -0.394. The molecule has 0 fully saturated rings. The normalized spacial score (nSPS) is 13.2. The fraction of sp³-hybridized carbons (Fsp3) is 0.273. The van der Waals surface area contributed by atoms with Crippen LogP contribution in [0.3, 0.4) is 0 Å². The van der Waals surface area contributed by atoms with E-state index in [-0.39, 0.29) is 5.56 Å². The number of carbonyl (C=O) groups excluding carboxylic acids is 1. The number of hydrogen-bond acceptors (Lipinski definition) is 6. The Kier molecular flexibility index (Phi) is 4.21. The van der Waals surface area contributed by atoms with Gasteiger partial charge in [-0.1, -0.05) is 0 Å². The molecule has 1 unspecified atom stereocenters. The molecule has 1 aromatic rings. The molecular weight excluding hydrogens is 286 g/mol. The molecule has 10 heteroatoms. The first-order valence-electron chi connectivity index (χ1n) is 5.54. The fourth-order valence-electron chi connectivity index (χ4n) is 1.63. The summed E-state index contributed by atoms with van der Waals surface area (Å²) >= 11 is 0. The summed E-state index contributed by atoms with van der Waals surface area (Å²) in [5.74, 6) is -2.70. The average Bonchev–Trinajstić information content (AvgIpc) is 2.37. The van der Waals surface area contributed by atoms with Crippen molar-refractivity contribution >= 4 is 23.3 Å². The quantitative estimate of drug-likeness (QED) is 0.440.